The summed E-state index contributed by atoms with van der Waals surface area (Å²) in [5.41, 5.74) is 1.32. The Morgan fingerprint density at radius 3 is 2.17 bits per heavy atom. The molecule has 0 saturated heterocycles. The van der Waals surface area contributed by atoms with Crippen molar-refractivity contribution in [1.29, 1.82) is 0 Å². The lowest BCUT2D eigenvalue weighted by atomic mass is 9.80. The van der Waals surface area contributed by atoms with Crippen LogP contribution in [0.3, 0.4) is 0 Å². The smallest absolute Gasteiger partial charge is 0.0406 e. The fourth-order valence-corrected chi connectivity index (χ4v) is 3.41. The molecule has 1 aliphatic carbocycles. The van der Waals surface area contributed by atoms with Crippen LogP contribution >= 0.6 is 11.6 Å². The average molecular weight is 266 g/mol. The van der Waals surface area contributed by atoms with E-state index in [0.29, 0.717) is 12.1 Å². The Morgan fingerprint density at radius 1 is 1.06 bits per heavy atom. The third-order valence-corrected chi connectivity index (χ3v) is 4.29. The second-order valence-electron chi connectivity index (χ2n) is 6.05. The summed E-state index contributed by atoms with van der Waals surface area (Å²) in [4.78, 5) is 0. The largest absolute Gasteiger partial charge is 0.307 e. The number of rotatable bonds is 3. The summed E-state index contributed by atoms with van der Waals surface area (Å²) in [5.74, 6) is 1.70. The quantitative estimate of drug-likeness (QED) is 0.827. The molecular formula is C16H24ClN. The van der Waals surface area contributed by atoms with Crippen LogP contribution in [0.5, 0.6) is 0 Å². The van der Waals surface area contributed by atoms with Crippen molar-refractivity contribution in [1.82, 2.24) is 5.32 Å². The molecule has 18 heavy (non-hydrogen) atoms. The fraction of sp³-hybridized carbons (Fsp3) is 0.625. The van der Waals surface area contributed by atoms with Crippen LogP contribution in [0.15, 0.2) is 24.3 Å². The molecule has 2 rings (SSSR count). The summed E-state index contributed by atoms with van der Waals surface area (Å²) < 4.78 is 0. The van der Waals surface area contributed by atoms with Crippen molar-refractivity contribution >= 4 is 11.6 Å². The van der Waals surface area contributed by atoms with E-state index in [9.17, 15) is 0 Å². The maximum atomic E-state index is 5.93. The van der Waals surface area contributed by atoms with Gasteiger partial charge in [-0.3, -0.25) is 0 Å². The molecule has 0 spiro atoms. The van der Waals surface area contributed by atoms with Gasteiger partial charge in [-0.2, -0.15) is 0 Å². The van der Waals surface area contributed by atoms with Crippen LogP contribution in [0.25, 0.3) is 0 Å². The van der Waals surface area contributed by atoms with Gasteiger partial charge in [0.05, 0.1) is 0 Å². The van der Waals surface area contributed by atoms with Gasteiger partial charge in [0.2, 0.25) is 0 Å². The maximum absolute atomic E-state index is 5.93. The van der Waals surface area contributed by atoms with Crippen molar-refractivity contribution in [3.8, 4) is 0 Å². The molecule has 1 aromatic rings. The summed E-state index contributed by atoms with van der Waals surface area (Å²) in [6.07, 6.45) is 4.00. The number of nitrogens with one attached hydrogen (secondary N) is 1. The number of halogens is 1. The predicted molar refractivity (Wildman–Crippen MR) is 79.0 cm³/mol. The van der Waals surface area contributed by atoms with Crippen molar-refractivity contribution in [2.75, 3.05) is 0 Å². The molecule has 1 nitrogen and oxygen atoms in total. The molecule has 0 aromatic heterocycles. The number of hydrogen-bond donors (Lipinski definition) is 1. The second kappa shape index (κ2) is 6.08. The van der Waals surface area contributed by atoms with Gasteiger partial charge in [0, 0.05) is 17.1 Å². The van der Waals surface area contributed by atoms with Gasteiger partial charge < -0.3 is 5.32 Å². The minimum atomic E-state index is 0.407. The first-order valence-electron chi connectivity index (χ1n) is 7.06. The minimum Gasteiger partial charge on any atom is -0.307 e. The molecule has 0 aliphatic heterocycles. The predicted octanol–water partition coefficient (Wildman–Crippen LogP) is 4.82. The van der Waals surface area contributed by atoms with Crippen LogP contribution in [-0.4, -0.2) is 6.04 Å². The lowest BCUT2D eigenvalue weighted by Gasteiger charge is -2.34. The molecule has 100 valence electrons. The van der Waals surface area contributed by atoms with Crippen molar-refractivity contribution in [2.45, 2.75) is 52.1 Å². The van der Waals surface area contributed by atoms with E-state index in [0.717, 1.165) is 16.9 Å². The molecule has 0 amide bonds. The SMILES string of the molecule is CC1CC(C)CC(N[C@H](C)c2ccc(Cl)cc2)C1. The fourth-order valence-electron chi connectivity index (χ4n) is 3.28. The van der Waals surface area contributed by atoms with E-state index >= 15 is 0 Å². The van der Waals surface area contributed by atoms with Crippen LogP contribution in [0.4, 0.5) is 0 Å². The summed E-state index contributed by atoms with van der Waals surface area (Å²) in [7, 11) is 0. The van der Waals surface area contributed by atoms with Crippen LogP contribution in [0, 0.1) is 11.8 Å². The van der Waals surface area contributed by atoms with Gasteiger partial charge in [-0.05, 0) is 55.7 Å². The van der Waals surface area contributed by atoms with Crippen molar-refractivity contribution in [2.24, 2.45) is 11.8 Å². The van der Waals surface area contributed by atoms with Crippen LogP contribution in [0.1, 0.15) is 51.6 Å². The molecule has 0 bridgehead atoms. The van der Waals surface area contributed by atoms with Crippen molar-refractivity contribution in [3.63, 3.8) is 0 Å². The molecular weight excluding hydrogens is 242 g/mol. The zero-order chi connectivity index (χ0) is 13.1. The van der Waals surface area contributed by atoms with E-state index in [1.807, 2.05) is 12.1 Å². The highest BCUT2D eigenvalue weighted by Gasteiger charge is 2.24. The Balaban J connectivity index is 1.94. The van der Waals surface area contributed by atoms with E-state index in [1.54, 1.807) is 0 Å². The van der Waals surface area contributed by atoms with Gasteiger partial charge in [-0.1, -0.05) is 37.6 Å². The van der Waals surface area contributed by atoms with Crippen molar-refractivity contribution in [3.05, 3.63) is 34.9 Å². The Bertz CT molecular complexity index is 363. The first-order valence-corrected chi connectivity index (χ1v) is 7.44. The van der Waals surface area contributed by atoms with Gasteiger partial charge >= 0.3 is 0 Å². The minimum absolute atomic E-state index is 0.407. The highest BCUT2D eigenvalue weighted by molar-refractivity contribution is 6.30. The highest BCUT2D eigenvalue weighted by atomic mass is 35.5. The highest BCUT2D eigenvalue weighted by Crippen LogP contribution is 2.30. The van der Waals surface area contributed by atoms with E-state index in [4.69, 9.17) is 11.6 Å². The van der Waals surface area contributed by atoms with Crippen LogP contribution in [-0.2, 0) is 0 Å². The molecule has 1 saturated carbocycles. The van der Waals surface area contributed by atoms with Gasteiger partial charge in [0.15, 0.2) is 0 Å². The van der Waals surface area contributed by atoms with Gasteiger partial charge in [-0.25, -0.2) is 0 Å². The second-order valence-corrected chi connectivity index (χ2v) is 6.49. The van der Waals surface area contributed by atoms with Gasteiger partial charge in [-0.15, -0.1) is 0 Å². The van der Waals surface area contributed by atoms with E-state index in [2.05, 4.69) is 38.2 Å². The molecule has 0 heterocycles. The Hall–Kier alpha value is -0.530. The zero-order valence-corrected chi connectivity index (χ0v) is 12.4. The summed E-state index contributed by atoms with van der Waals surface area (Å²) in [5, 5.41) is 4.58. The first-order chi connectivity index (χ1) is 8.54. The molecule has 1 N–H and O–H groups in total. The first kappa shape index (κ1) is 13.9. The lowest BCUT2D eigenvalue weighted by Crippen LogP contribution is -2.37. The summed E-state index contributed by atoms with van der Waals surface area (Å²) in [6, 6.07) is 9.26. The van der Waals surface area contributed by atoms with E-state index in [-0.39, 0.29) is 0 Å². The molecule has 2 heteroatoms. The third-order valence-electron chi connectivity index (χ3n) is 4.03. The molecule has 1 fully saturated rings. The molecule has 2 unspecified atom stereocenters. The maximum Gasteiger partial charge on any atom is 0.0406 e. The standard InChI is InChI=1S/C16H24ClN/c1-11-8-12(2)10-16(9-11)18-13(3)14-4-6-15(17)7-5-14/h4-7,11-13,16,18H,8-10H2,1-3H3/t11?,12?,13-,16?/m1/s1. The molecule has 0 radical (unpaired) electrons. The summed E-state index contributed by atoms with van der Waals surface area (Å²) >= 11 is 5.93. The Labute approximate surface area is 116 Å². The number of benzene rings is 1. The molecule has 1 aromatic carbocycles. The third kappa shape index (κ3) is 3.73. The van der Waals surface area contributed by atoms with Crippen molar-refractivity contribution < 1.29 is 0 Å². The molecule has 3 atom stereocenters. The average Bonchev–Trinajstić information content (AvgIpc) is 2.28. The number of hydrogen-bond acceptors (Lipinski definition) is 1. The van der Waals surface area contributed by atoms with Crippen LogP contribution in [0.2, 0.25) is 5.02 Å². The monoisotopic (exact) mass is 265 g/mol. The summed E-state index contributed by atoms with van der Waals surface area (Å²) in [6.45, 7) is 6.99. The van der Waals surface area contributed by atoms with Gasteiger partial charge in [0.1, 0.15) is 0 Å². The van der Waals surface area contributed by atoms with Crippen LogP contribution < -0.4 is 5.32 Å². The van der Waals surface area contributed by atoms with E-state index < -0.39 is 0 Å². The Morgan fingerprint density at radius 2 is 1.61 bits per heavy atom. The zero-order valence-electron chi connectivity index (χ0n) is 11.6. The normalized spacial score (nSPS) is 30.1. The lowest BCUT2D eigenvalue weighted by molar-refractivity contribution is 0.228. The van der Waals surface area contributed by atoms with Gasteiger partial charge in [0.25, 0.3) is 0 Å². The molecule has 1 aliphatic rings. The van der Waals surface area contributed by atoms with E-state index in [1.165, 1.54) is 24.8 Å². The Kier molecular flexibility index (Phi) is 4.69. The topological polar surface area (TPSA) is 12.0 Å².